The molecule has 0 amide bonds. The van der Waals surface area contributed by atoms with Crippen molar-refractivity contribution in [3.8, 4) is 5.75 Å². The normalized spacial score (nSPS) is 12.4. The number of benzene rings is 1. The smallest absolute Gasteiger partial charge is 0.307 e. The summed E-state index contributed by atoms with van der Waals surface area (Å²) in [6, 6.07) is 5.94. The van der Waals surface area contributed by atoms with Crippen molar-refractivity contribution in [3.05, 3.63) is 29.3 Å². The van der Waals surface area contributed by atoms with Gasteiger partial charge >= 0.3 is 5.97 Å². The molecule has 118 valence electrons. The van der Waals surface area contributed by atoms with Crippen molar-refractivity contribution >= 4 is 5.97 Å². The highest BCUT2D eigenvalue weighted by Crippen LogP contribution is 2.25. The topological polar surface area (TPSA) is 55.8 Å². The van der Waals surface area contributed by atoms with Gasteiger partial charge in [0.15, 0.2) is 0 Å². The summed E-state index contributed by atoms with van der Waals surface area (Å²) in [5.74, 6) is -0.125. The van der Waals surface area contributed by atoms with E-state index in [-0.39, 0.29) is 11.8 Å². The highest BCUT2D eigenvalue weighted by Gasteiger charge is 2.22. The summed E-state index contributed by atoms with van der Waals surface area (Å²) in [7, 11) is 3.34. The Hall–Kier alpha value is -1.55. The molecule has 0 saturated carbocycles. The third-order valence-corrected chi connectivity index (χ3v) is 3.72. The standard InChI is InChI=1S/C17H26O4/c1-12(2)15(17(18)19)11-13-7-8-16(21-4)14(10-13)6-5-9-20-3/h7-8,10,12,15H,5-6,9,11H2,1-4H3,(H,18,19)/t15-/m1/s1. The number of methoxy groups -OCH3 is 2. The molecule has 0 spiro atoms. The zero-order valence-electron chi connectivity index (χ0n) is 13.4. The number of carboxylic acids is 1. The van der Waals surface area contributed by atoms with E-state index in [0.29, 0.717) is 13.0 Å². The van der Waals surface area contributed by atoms with Crippen LogP contribution < -0.4 is 4.74 Å². The minimum atomic E-state index is -0.734. The minimum absolute atomic E-state index is 0.113. The first kappa shape index (κ1) is 17.5. The summed E-state index contributed by atoms with van der Waals surface area (Å²) in [6.07, 6.45) is 2.33. The molecule has 0 heterocycles. The van der Waals surface area contributed by atoms with Gasteiger partial charge in [0.05, 0.1) is 13.0 Å². The number of rotatable bonds is 9. The zero-order chi connectivity index (χ0) is 15.8. The highest BCUT2D eigenvalue weighted by molar-refractivity contribution is 5.70. The van der Waals surface area contributed by atoms with Crippen LogP contribution in [0.2, 0.25) is 0 Å². The predicted molar refractivity (Wildman–Crippen MR) is 82.9 cm³/mol. The van der Waals surface area contributed by atoms with Gasteiger partial charge < -0.3 is 14.6 Å². The second-order valence-corrected chi connectivity index (χ2v) is 5.64. The summed E-state index contributed by atoms with van der Waals surface area (Å²) >= 11 is 0. The van der Waals surface area contributed by atoms with Crippen LogP contribution in [0.4, 0.5) is 0 Å². The van der Waals surface area contributed by atoms with E-state index in [1.165, 1.54) is 0 Å². The van der Waals surface area contributed by atoms with Gasteiger partial charge in [0.2, 0.25) is 0 Å². The minimum Gasteiger partial charge on any atom is -0.496 e. The van der Waals surface area contributed by atoms with Crippen LogP contribution in [-0.2, 0) is 22.4 Å². The van der Waals surface area contributed by atoms with E-state index in [1.54, 1.807) is 14.2 Å². The Kier molecular flexibility index (Phi) is 7.23. The van der Waals surface area contributed by atoms with Gasteiger partial charge in [0, 0.05) is 13.7 Å². The maximum absolute atomic E-state index is 11.3. The second kappa shape index (κ2) is 8.67. The van der Waals surface area contributed by atoms with Crippen LogP contribution in [0.1, 0.15) is 31.4 Å². The molecule has 4 heteroatoms. The largest absolute Gasteiger partial charge is 0.496 e. The van der Waals surface area contributed by atoms with Crippen LogP contribution in [0.25, 0.3) is 0 Å². The molecule has 0 unspecified atom stereocenters. The molecule has 0 aliphatic carbocycles. The van der Waals surface area contributed by atoms with E-state index in [2.05, 4.69) is 6.07 Å². The lowest BCUT2D eigenvalue weighted by atomic mass is 9.88. The Morgan fingerprint density at radius 3 is 2.52 bits per heavy atom. The van der Waals surface area contributed by atoms with E-state index in [0.717, 1.165) is 29.7 Å². The number of aliphatic carboxylic acids is 1. The molecule has 1 aromatic rings. The van der Waals surface area contributed by atoms with Gasteiger partial charge in [-0.1, -0.05) is 26.0 Å². The Labute approximate surface area is 127 Å². The Morgan fingerprint density at radius 1 is 1.29 bits per heavy atom. The molecule has 1 rings (SSSR count). The monoisotopic (exact) mass is 294 g/mol. The Morgan fingerprint density at radius 2 is 2.00 bits per heavy atom. The average molecular weight is 294 g/mol. The number of carboxylic acid groups (broad SMARTS) is 1. The Balaban J connectivity index is 2.88. The first-order valence-electron chi connectivity index (χ1n) is 7.37. The molecule has 0 radical (unpaired) electrons. The summed E-state index contributed by atoms with van der Waals surface area (Å²) in [4.78, 5) is 11.3. The predicted octanol–water partition coefficient (Wildman–Crippen LogP) is 3.17. The van der Waals surface area contributed by atoms with E-state index < -0.39 is 5.97 Å². The molecule has 0 aromatic heterocycles. The van der Waals surface area contributed by atoms with Gasteiger partial charge in [-0.2, -0.15) is 0 Å². The fourth-order valence-corrected chi connectivity index (χ4v) is 2.42. The van der Waals surface area contributed by atoms with Crippen molar-refractivity contribution in [2.45, 2.75) is 33.1 Å². The third-order valence-electron chi connectivity index (χ3n) is 3.72. The average Bonchev–Trinajstić information content (AvgIpc) is 2.44. The SMILES string of the molecule is COCCCc1cc(C[C@@H](C(=O)O)C(C)C)ccc1OC. The van der Waals surface area contributed by atoms with Crippen LogP contribution in [0.3, 0.4) is 0 Å². The van der Waals surface area contributed by atoms with E-state index in [4.69, 9.17) is 9.47 Å². The molecule has 0 aliphatic heterocycles. The van der Waals surface area contributed by atoms with Crippen molar-refractivity contribution in [2.24, 2.45) is 11.8 Å². The van der Waals surface area contributed by atoms with Crippen molar-refractivity contribution in [3.63, 3.8) is 0 Å². The van der Waals surface area contributed by atoms with Crippen LogP contribution in [0, 0.1) is 11.8 Å². The van der Waals surface area contributed by atoms with Gasteiger partial charge in [0.25, 0.3) is 0 Å². The quantitative estimate of drug-likeness (QED) is 0.711. The van der Waals surface area contributed by atoms with Crippen LogP contribution >= 0.6 is 0 Å². The molecule has 21 heavy (non-hydrogen) atoms. The number of hydrogen-bond donors (Lipinski definition) is 1. The first-order valence-corrected chi connectivity index (χ1v) is 7.37. The van der Waals surface area contributed by atoms with Crippen molar-refractivity contribution < 1.29 is 19.4 Å². The molecule has 0 aliphatic rings. The maximum atomic E-state index is 11.3. The second-order valence-electron chi connectivity index (χ2n) is 5.64. The first-order chi connectivity index (χ1) is 9.99. The third kappa shape index (κ3) is 5.38. The molecule has 0 bridgehead atoms. The van der Waals surface area contributed by atoms with Gasteiger partial charge in [-0.15, -0.1) is 0 Å². The molecule has 0 saturated heterocycles. The Bertz CT molecular complexity index is 454. The van der Waals surface area contributed by atoms with E-state index >= 15 is 0 Å². The van der Waals surface area contributed by atoms with Crippen molar-refractivity contribution in [1.82, 2.24) is 0 Å². The van der Waals surface area contributed by atoms with Gasteiger partial charge in [-0.25, -0.2) is 0 Å². The highest BCUT2D eigenvalue weighted by atomic mass is 16.5. The van der Waals surface area contributed by atoms with Gasteiger partial charge in [-0.3, -0.25) is 4.79 Å². The zero-order valence-corrected chi connectivity index (χ0v) is 13.4. The van der Waals surface area contributed by atoms with Crippen molar-refractivity contribution in [1.29, 1.82) is 0 Å². The lowest BCUT2D eigenvalue weighted by Crippen LogP contribution is -2.22. The lowest BCUT2D eigenvalue weighted by molar-refractivity contribution is -0.143. The van der Waals surface area contributed by atoms with E-state index in [1.807, 2.05) is 26.0 Å². The molecule has 1 N–H and O–H groups in total. The molecule has 1 atom stereocenters. The summed E-state index contributed by atoms with van der Waals surface area (Å²) < 4.78 is 10.5. The van der Waals surface area contributed by atoms with Crippen LogP contribution in [0.15, 0.2) is 18.2 Å². The van der Waals surface area contributed by atoms with E-state index in [9.17, 15) is 9.90 Å². The summed E-state index contributed by atoms with van der Waals surface area (Å²) in [5, 5.41) is 9.31. The van der Waals surface area contributed by atoms with Crippen LogP contribution in [0.5, 0.6) is 5.75 Å². The van der Waals surface area contributed by atoms with Crippen LogP contribution in [-0.4, -0.2) is 31.9 Å². The fraction of sp³-hybridized carbons (Fsp3) is 0.588. The molecule has 0 fully saturated rings. The van der Waals surface area contributed by atoms with Gasteiger partial charge in [-0.05, 0) is 42.4 Å². The van der Waals surface area contributed by atoms with Crippen molar-refractivity contribution in [2.75, 3.05) is 20.8 Å². The summed E-state index contributed by atoms with van der Waals surface area (Å²) in [5.41, 5.74) is 2.16. The molecule has 4 nitrogen and oxygen atoms in total. The van der Waals surface area contributed by atoms with Gasteiger partial charge in [0.1, 0.15) is 5.75 Å². The summed E-state index contributed by atoms with van der Waals surface area (Å²) in [6.45, 7) is 4.60. The molecular weight excluding hydrogens is 268 g/mol. The lowest BCUT2D eigenvalue weighted by Gasteiger charge is -2.17. The maximum Gasteiger partial charge on any atom is 0.307 e. The number of hydrogen-bond acceptors (Lipinski definition) is 3. The number of ether oxygens (including phenoxy) is 2. The fourth-order valence-electron chi connectivity index (χ4n) is 2.42. The number of aryl methyl sites for hydroxylation is 1. The molecular formula is C17H26O4. The number of carbonyl (C=O) groups is 1. The molecule has 1 aromatic carbocycles.